The molecule has 8 heteroatoms. The van der Waals surface area contributed by atoms with Crippen molar-refractivity contribution >= 4 is 39.1 Å². The average Bonchev–Trinajstić information content (AvgIpc) is 3.08. The van der Waals surface area contributed by atoms with Crippen LogP contribution in [0.4, 0.5) is 0 Å². The van der Waals surface area contributed by atoms with Gasteiger partial charge in [-0.15, -0.1) is 10.2 Å². The maximum atomic E-state index is 13.1. The lowest BCUT2D eigenvalue weighted by molar-refractivity contribution is -0.139. The largest absolute Gasteiger partial charge is 0.318 e. The standard InChI is InChI=1S/C22H17N5O2S/c1-14-16(12-23)20(28)27(13-15-8-4-3-5-9-15)21(29)19(14)24-25-22-26(2)17-10-6-7-11-18(17)30-22/h3-11H,13H2,1-2H3/b24-19-,25-22+. The summed E-state index contributed by atoms with van der Waals surface area (Å²) in [6.07, 6.45) is 0. The Morgan fingerprint density at radius 1 is 1.00 bits per heavy atom. The number of aromatic nitrogens is 1. The first-order chi connectivity index (χ1) is 14.5. The van der Waals surface area contributed by atoms with E-state index in [9.17, 15) is 14.9 Å². The van der Waals surface area contributed by atoms with E-state index in [-0.39, 0.29) is 23.4 Å². The fourth-order valence-corrected chi connectivity index (χ4v) is 4.19. The molecule has 2 aromatic carbocycles. The number of fused-ring (bicyclic) bond motifs is 1. The van der Waals surface area contributed by atoms with Gasteiger partial charge in [0.05, 0.1) is 16.8 Å². The highest BCUT2D eigenvalue weighted by Gasteiger charge is 2.36. The molecule has 0 N–H and O–H groups in total. The Labute approximate surface area is 176 Å². The van der Waals surface area contributed by atoms with E-state index in [4.69, 9.17) is 0 Å². The van der Waals surface area contributed by atoms with Crippen molar-refractivity contribution in [1.82, 2.24) is 9.47 Å². The molecule has 1 aliphatic rings. The number of benzene rings is 2. The van der Waals surface area contributed by atoms with Gasteiger partial charge in [-0.2, -0.15) is 5.26 Å². The van der Waals surface area contributed by atoms with Crippen molar-refractivity contribution in [1.29, 1.82) is 5.26 Å². The molecular formula is C22H17N5O2S. The first-order valence-electron chi connectivity index (χ1n) is 9.19. The van der Waals surface area contributed by atoms with Crippen molar-refractivity contribution in [2.24, 2.45) is 17.3 Å². The number of hydrogen-bond acceptors (Lipinski definition) is 6. The Bertz CT molecular complexity index is 1340. The Balaban J connectivity index is 1.80. The molecule has 2 amide bonds. The predicted molar refractivity (Wildman–Crippen MR) is 114 cm³/mol. The molecule has 30 heavy (non-hydrogen) atoms. The van der Waals surface area contributed by atoms with Gasteiger partial charge in [0.15, 0.2) is 5.71 Å². The van der Waals surface area contributed by atoms with Gasteiger partial charge >= 0.3 is 0 Å². The first-order valence-corrected chi connectivity index (χ1v) is 10.0. The van der Waals surface area contributed by atoms with Crippen molar-refractivity contribution in [3.8, 4) is 6.07 Å². The summed E-state index contributed by atoms with van der Waals surface area (Å²) in [5.41, 5.74) is 1.93. The molecule has 0 radical (unpaired) electrons. The van der Waals surface area contributed by atoms with Gasteiger partial charge in [-0.3, -0.25) is 14.5 Å². The molecule has 0 saturated carbocycles. The third-order valence-corrected chi connectivity index (χ3v) is 5.99. The molecule has 148 valence electrons. The van der Waals surface area contributed by atoms with Crippen LogP contribution in [-0.4, -0.2) is 27.0 Å². The number of carbonyl (C=O) groups is 2. The zero-order valence-corrected chi connectivity index (χ0v) is 17.2. The average molecular weight is 415 g/mol. The minimum absolute atomic E-state index is 0.000428. The zero-order valence-electron chi connectivity index (χ0n) is 16.4. The van der Waals surface area contributed by atoms with E-state index in [2.05, 4.69) is 10.2 Å². The minimum Gasteiger partial charge on any atom is -0.318 e. The van der Waals surface area contributed by atoms with E-state index >= 15 is 0 Å². The van der Waals surface area contributed by atoms with Crippen LogP contribution in [-0.2, 0) is 23.2 Å². The third-order valence-electron chi connectivity index (χ3n) is 4.88. The normalized spacial score (nSPS) is 16.6. The van der Waals surface area contributed by atoms with Crippen LogP contribution >= 0.6 is 11.3 Å². The maximum Gasteiger partial charge on any atom is 0.281 e. The summed E-state index contributed by atoms with van der Waals surface area (Å²) in [5, 5.41) is 17.9. The highest BCUT2D eigenvalue weighted by molar-refractivity contribution is 7.16. The summed E-state index contributed by atoms with van der Waals surface area (Å²) in [5.74, 6) is -1.18. The van der Waals surface area contributed by atoms with Gasteiger partial charge in [0.1, 0.15) is 11.6 Å². The summed E-state index contributed by atoms with van der Waals surface area (Å²) in [7, 11) is 1.87. The van der Waals surface area contributed by atoms with Crippen LogP contribution in [0.25, 0.3) is 10.2 Å². The third kappa shape index (κ3) is 3.36. The highest BCUT2D eigenvalue weighted by atomic mass is 32.1. The van der Waals surface area contributed by atoms with E-state index in [1.165, 1.54) is 11.3 Å². The molecule has 2 heterocycles. The van der Waals surface area contributed by atoms with Crippen LogP contribution in [0.3, 0.4) is 0 Å². The highest BCUT2D eigenvalue weighted by Crippen LogP contribution is 2.21. The molecule has 0 unspecified atom stereocenters. The van der Waals surface area contributed by atoms with Crippen LogP contribution in [0.5, 0.6) is 0 Å². The van der Waals surface area contributed by atoms with Crippen molar-refractivity contribution in [2.75, 3.05) is 0 Å². The molecule has 0 atom stereocenters. The SMILES string of the molecule is CC1=C(C#N)C(=O)N(Cc2ccccc2)C(=O)/C1=N\N=c1\sc2ccccc2n1C. The van der Waals surface area contributed by atoms with Crippen LogP contribution in [0.2, 0.25) is 0 Å². The molecule has 1 aromatic heterocycles. The number of imide groups is 1. The second-order valence-electron chi connectivity index (χ2n) is 6.75. The predicted octanol–water partition coefficient (Wildman–Crippen LogP) is 2.91. The van der Waals surface area contributed by atoms with Crippen LogP contribution in [0, 0.1) is 11.3 Å². The number of nitrogens with zero attached hydrogens (tertiary/aromatic N) is 5. The van der Waals surface area contributed by atoms with E-state index in [1.807, 2.05) is 72.3 Å². The number of amides is 2. The fraction of sp³-hybridized carbons (Fsp3) is 0.136. The van der Waals surface area contributed by atoms with Crippen molar-refractivity contribution < 1.29 is 9.59 Å². The topological polar surface area (TPSA) is 90.8 Å². The van der Waals surface area contributed by atoms with Gasteiger partial charge in [-0.25, -0.2) is 0 Å². The quantitative estimate of drug-likeness (QED) is 0.486. The van der Waals surface area contributed by atoms with Crippen molar-refractivity contribution in [3.05, 3.63) is 76.1 Å². The van der Waals surface area contributed by atoms with Gasteiger partial charge in [0.2, 0.25) is 4.80 Å². The fourth-order valence-electron chi connectivity index (χ4n) is 3.22. The van der Waals surface area contributed by atoms with Gasteiger partial charge in [0, 0.05) is 12.6 Å². The lowest BCUT2D eigenvalue weighted by atomic mass is 9.98. The van der Waals surface area contributed by atoms with Crippen LogP contribution in [0.15, 0.2) is 75.9 Å². The van der Waals surface area contributed by atoms with E-state index in [1.54, 1.807) is 6.92 Å². The second-order valence-corrected chi connectivity index (χ2v) is 7.76. The molecule has 0 spiro atoms. The van der Waals surface area contributed by atoms with Crippen LogP contribution in [0.1, 0.15) is 12.5 Å². The lowest BCUT2D eigenvalue weighted by Gasteiger charge is -2.26. The van der Waals surface area contributed by atoms with E-state index < -0.39 is 11.8 Å². The summed E-state index contributed by atoms with van der Waals surface area (Å²) < 4.78 is 2.92. The number of hydrogen-bond donors (Lipinski definition) is 0. The molecule has 0 fully saturated rings. The lowest BCUT2D eigenvalue weighted by Crippen LogP contribution is -2.46. The van der Waals surface area contributed by atoms with E-state index in [0.29, 0.717) is 4.80 Å². The molecule has 7 nitrogen and oxygen atoms in total. The maximum absolute atomic E-state index is 13.1. The van der Waals surface area contributed by atoms with Gasteiger partial charge in [0.25, 0.3) is 11.8 Å². The first kappa shape index (κ1) is 19.5. The monoisotopic (exact) mass is 415 g/mol. The van der Waals surface area contributed by atoms with Gasteiger partial charge in [-0.1, -0.05) is 53.8 Å². The number of thiazole rings is 1. The summed E-state index contributed by atoms with van der Waals surface area (Å²) in [4.78, 5) is 27.4. The number of nitriles is 1. The summed E-state index contributed by atoms with van der Waals surface area (Å²) >= 11 is 1.44. The molecule has 0 saturated heterocycles. The minimum atomic E-state index is -0.616. The van der Waals surface area contributed by atoms with Gasteiger partial charge < -0.3 is 4.57 Å². The van der Waals surface area contributed by atoms with E-state index in [0.717, 1.165) is 20.7 Å². The smallest absolute Gasteiger partial charge is 0.281 e. The van der Waals surface area contributed by atoms with Crippen LogP contribution < -0.4 is 4.80 Å². The number of rotatable bonds is 3. The second kappa shape index (κ2) is 7.89. The number of carbonyl (C=O) groups excluding carboxylic acids is 2. The Morgan fingerprint density at radius 2 is 1.70 bits per heavy atom. The molecule has 0 bridgehead atoms. The van der Waals surface area contributed by atoms with Crippen molar-refractivity contribution in [3.63, 3.8) is 0 Å². The Hall–Kier alpha value is -3.83. The Kier molecular flexibility index (Phi) is 5.12. The van der Waals surface area contributed by atoms with Gasteiger partial charge in [-0.05, 0) is 24.6 Å². The molecular weight excluding hydrogens is 398 g/mol. The molecule has 4 rings (SSSR count). The number of para-hydroxylation sites is 1. The number of aryl methyl sites for hydroxylation is 1. The Morgan fingerprint density at radius 3 is 2.40 bits per heavy atom. The summed E-state index contributed by atoms with van der Waals surface area (Å²) in [6.45, 7) is 1.61. The van der Waals surface area contributed by atoms with Crippen molar-refractivity contribution in [2.45, 2.75) is 13.5 Å². The molecule has 3 aromatic rings. The molecule has 1 aliphatic heterocycles. The molecule has 0 aliphatic carbocycles. The zero-order chi connectivity index (χ0) is 21.3. The summed E-state index contributed by atoms with van der Waals surface area (Å²) in [6, 6.07) is 18.9.